The molecule has 0 N–H and O–H groups in total. The highest BCUT2D eigenvalue weighted by molar-refractivity contribution is 6.07. The molecule has 2 nitrogen and oxygen atoms in total. The van der Waals surface area contributed by atoms with Gasteiger partial charge in [0.15, 0.2) is 0 Å². The summed E-state index contributed by atoms with van der Waals surface area (Å²) < 4.78 is 6.45. The standard InChI is InChI=1S/C52H35NO/c1-3-15-36(16-4-1)40-28-31-45(49(34-40)38-18-5-2-6-19-38)43-21-9-10-22-44(43)46-23-11-13-25-50(46)53(41-29-27-37-17-7-8-20-39(37)33-41)42-30-32-48-47-24-12-14-26-51(47)54-52(48)35-42/h1-35H. The molecule has 1 heterocycles. The molecule has 254 valence electrons. The van der Waals surface area contributed by atoms with Crippen LogP contribution in [0.15, 0.2) is 217 Å². The van der Waals surface area contributed by atoms with Gasteiger partial charge in [0.05, 0.1) is 5.69 Å². The molecule has 0 saturated heterocycles. The van der Waals surface area contributed by atoms with Crippen molar-refractivity contribution in [2.24, 2.45) is 0 Å². The fourth-order valence-corrected chi connectivity index (χ4v) is 7.89. The first-order valence-corrected chi connectivity index (χ1v) is 18.4. The van der Waals surface area contributed by atoms with Gasteiger partial charge in [-0.15, -0.1) is 0 Å². The summed E-state index contributed by atoms with van der Waals surface area (Å²) in [7, 11) is 0. The van der Waals surface area contributed by atoms with Crippen molar-refractivity contribution in [1.82, 2.24) is 0 Å². The second-order valence-electron chi connectivity index (χ2n) is 13.7. The summed E-state index contributed by atoms with van der Waals surface area (Å²) >= 11 is 0. The van der Waals surface area contributed by atoms with Gasteiger partial charge in [0.2, 0.25) is 0 Å². The largest absolute Gasteiger partial charge is 0.456 e. The number of fused-ring (bicyclic) bond motifs is 4. The summed E-state index contributed by atoms with van der Waals surface area (Å²) in [5.74, 6) is 0. The number of anilines is 3. The van der Waals surface area contributed by atoms with E-state index < -0.39 is 0 Å². The summed E-state index contributed by atoms with van der Waals surface area (Å²) in [5.41, 5.74) is 14.4. The second kappa shape index (κ2) is 13.4. The minimum atomic E-state index is 0.864. The first-order chi connectivity index (χ1) is 26.8. The van der Waals surface area contributed by atoms with Gasteiger partial charge >= 0.3 is 0 Å². The molecule has 0 fully saturated rings. The number of hydrogen-bond donors (Lipinski definition) is 0. The average Bonchev–Trinajstić information content (AvgIpc) is 3.62. The third-order valence-corrected chi connectivity index (χ3v) is 10.5. The topological polar surface area (TPSA) is 16.4 Å². The number of furan rings is 1. The number of rotatable bonds is 7. The van der Waals surface area contributed by atoms with Crippen molar-refractivity contribution in [3.8, 4) is 44.5 Å². The number of benzene rings is 9. The molecule has 10 rings (SSSR count). The normalized spacial score (nSPS) is 11.3. The molecule has 0 amide bonds. The van der Waals surface area contributed by atoms with E-state index in [4.69, 9.17) is 4.42 Å². The fourth-order valence-electron chi connectivity index (χ4n) is 7.89. The van der Waals surface area contributed by atoms with E-state index >= 15 is 0 Å². The van der Waals surface area contributed by atoms with Gasteiger partial charge in [0.1, 0.15) is 11.2 Å². The number of hydrogen-bond acceptors (Lipinski definition) is 2. The minimum absolute atomic E-state index is 0.864. The van der Waals surface area contributed by atoms with E-state index in [-0.39, 0.29) is 0 Å². The first-order valence-electron chi connectivity index (χ1n) is 18.4. The van der Waals surface area contributed by atoms with Gasteiger partial charge in [0, 0.05) is 33.8 Å². The van der Waals surface area contributed by atoms with E-state index in [1.54, 1.807) is 0 Å². The molecular weight excluding hydrogens is 655 g/mol. The highest BCUT2D eigenvalue weighted by atomic mass is 16.3. The number of para-hydroxylation sites is 2. The van der Waals surface area contributed by atoms with E-state index in [2.05, 4.69) is 205 Å². The molecule has 10 aromatic rings. The highest BCUT2D eigenvalue weighted by Gasteiger charge is 2.22. The number of nitrogens with zero attached hydrogens (tertiary/aromatic N) is 1. The molecule has 54 heavy (non-hydrogen) atoms. The average molecular weight is 690 g/mol. The van der Waals surface area contributed by atoms with E-state index in [0.29, 0.717) is 0 Å². The molecule has 0 radical (unpaired) electrons. The monoisotopic (exact) mass is 689 g/mol. The van der Waals surface area contributed by atoms with Gasteiger partial charge in [-0.25, -0.2) is 0 Å². The molecule has 0 spiro atoms. The highest BCUT2D eigenvalue weighted by Crippen LogP contribution is 2.47. The zero-order valence-electron chi connectivity index (χ0n) is 29.6. The van der Waals surface area contributed by atoms with E-state index in [0.717, 1.165) is 50.1 Å². The maximum absolute atomic E-state index is 6.45. The first kappa shape index (κ1) is 31.6. The molecule has 0 unspecified atom stereocenters. The molecule has 1 aromatic heterocycles. The Kier molecular flexibility index (Phi) is 7.85. The summed E-state index contributed by atoms with van der Waals surface area (Å²) in [6.07, 6.45) is 0. The van der Waals surface area contributed by atoms with Crippen LogP contribution in [0.25, 0.3) is 77.2 Å². The van der Waals surface area contributed by atoms with Gasteiger partial charge in [-0.1, -0.05) is 164 Å². The van der Waals surface area contributed by atoms with Crippen LogP contribution < -0.4 is 4.90 Å². The van der Waals surface area contributed by atoms with Crippen molar-refractivity contribution in [3.05, 3.63) is 212 Å². The van der Waals surface area contributed by atoms with E-state index in [1.165, 1.54) is 44.2 Å². The zero-order valence-corrected chi connectivity index (χ0v) is 29.6. The second-order valence-corrected chi connectivity index (χ2v) is 13.7. The van der Waals surface area contributed by atoms with Gasteiger partial charge in [0.25, 0.3) is 0 Å². The van der Waals surface area contributed by atoms with Crippen molar-refractivity contribution in [2.75, 3.05) is 4.90 Å². The molecule has 0 bridgehead atoms. The molecule has 0 aliphatic carbocycles. The summed E-state index contributed by atoms with van der Waals surface area (Å²) in [6.45, 7) is 0. The van der Waals surface area contributed by atoms with Crippen LogP contribution in [0.3, 0.4) is 0 Å². The molecule has 9 aromatic carbocycles. The predicted molar refractivity (Wildman–Crippen MR) is 228 cm³/mol. The Balaban J connectivity index is 1.19. The smallest absolute Gasteiger partial charge is 0.137 e. The van der Waals surface area contributed by atoms with Crippen molar-refractivity contribution >= 4 is 49.8 Å². The van der Waals surface area contributed by atoms with Gasteiger partial charge < -0.3 is 9.32 Å². The Morgan fingerprint density at radius 2 is 0.870 bits per heavy atom. The Hall–Kier alpha value is -7.16. The fraction of sp³-hybridized carbons (Fsp3) is 0. The maximum Gasteiger partial charge on any atom is 0.137 e. The lowest BCUT2D eigenvalue weighted by Gasteiger charge is -2.29. The third kappa shape index (κ3) is 5.62. The van der Waals surface area contributed by atoms with E-state index in [9.17, 15) is 0 Å². The SMILES string of the molecule is c1ccc(-c2ccc(-c3ccccc3-c3ccccc3N(c3ccc4ccccc4c3)c3ccc4c(c3)oc3ccccc34)c(-c3ccccc3)c2)cc1. The van der Waals surface area contributed by atoms with Crippen LogP contribution in [0.4, 0.5) is 17.1 Å². The third-order valence-electron chi connectivity index (χ3n) is 10.5. The van der Waals surface area contributed by atoms with Crippen molar-refractivity contribution in [1.29, 1.82) is 0 Å². The lowest BCUT2D eigenvalue weighted by atomic mass is 9.87. The van der Waals surface area contributed by atoms with Gasteiger partial charge in [-0.05, 0) is 92.2 Å². The summed E-state index contributed by atoms with van der Waals surface area (Å²) in [5, 5.41) is 4.63. The van der Waals surface area contributed by atoms with Gasteiger partial charge in [-0.2, -0.15) is 0 Å². The summed E-state index contributed by atoms with van der Waals surface area (Å²) in [4.78, 5) is 2.38. The molecule has 0 aliphatic heterocycles. The molecule has 0 atom stereocenters. The van der Waals surface area contributed by atoms with Crippen molar-refractivity contribution < 1.29 is 4.42 Å². The Morgan fingerprint density at radius 3 is 1.69 bits per heavy atom. The van der Waals surface area contributed by atoms with Crippen LogP contribution in [0.5, 0.6) is 0 Å². The van der Waals surface area contributed by atoms with Crippen LogP contribution in [0, 0.1) is 0 Å². The molecule has 0 aliphatic rings. The Bertz CT molecular complexity index is 2940. The molecule has 0 saturated carbocycles. The van der Waals surface area contributed by atoms with Crippen LogP contribution in [-0.4, -0.2) is 0 Å². The predicted octanol–water partition coefficient (Wildman–Crippen LogP) is 14.9. The Labute approximate surface area is 314 Å². The van der Waals surface area contributed by atoms with E-state index in [1.807, 2.05) is 12.1 Å². The van der Waals surface area contributed by atoms with Crippen LogP contribution in [0.2, 0.25) is 0 Å². The van der Waals surface area contributed by atoms with Crippen LogP contribution in [0.1, 0.15) is 0 Å². The molecule has 2 heteroatoms. The van der Waals surface area contributed by atoms with Crippen molar-refractivity contribution in [2.45, 2.75) is 0 Å². The van der Waals surface area contributed by atoms with Crippen LogP contribution in [-0.2, 0) is 0 Å². The summed E-state index contributed by atoms with van der Waals surface area (Å²) in [6, 6.07) is 76.0. The molecular formula is C52H35NO. The van der Waals surface area contributed by atoms with Gasteiger partial charge in [-0.3, -0.25) is 0 Å². The maximum atomic E-state index is 6.45. The lowest BCUT2D eigenvalue weighted by molar-refractivity contribution is 0.669. The Morgan fingerprint density at radius 1 is 0.296 bits per heavy atom. The quantitative estimate of drug-likeness (QED) is 0.166. The van der Waals surface area contributed by atoms with Crippen LogP contribution >= 0.6 is 0 Å². The van der Waals surface area contributed by atoms with Crippen molar-refractivity contribution in [3.63, 3.8) is 0 Å². The minimum Gasteiger partial charge on any atom is -0.456 e. The zero-order chi connectivity index (χ0) is 35.8. The lowest BCUT2D eigenvalue weighted by Crippen LogP contribution is -2.11.